The molecule has 4 atom stereocenters. The number of phenols is 2. The summed E-state index contributed by atoms with van der Waals surface area (Å²) in [5.41, 5.74) is -0.307. The number of aromatic carboxylic acids is 1. The van der Waals surface area contributed by atoms with Gasteiger partial charge in [-0.05, 0) is 73.7 Å². The molecule has 1 amide bonds. The van der Waals surface area contributed by atoms with E-state index in [-0.39, 0.29) is 29.2 Å². The summed E-state index contributed by atoms with van der Waals surface area (Å²) in [6.45, 7) is 8.39. The Morgan fingerprint density at radius 3 is 2.69 bits per heavy atom. The van der Waals surface area contributed by atoms with Crippen LogP contribution in [-0.2, 0) is 9.59 Å². The molecule has 7 nitrogen and oxygen atoms in total. The number of rotatable bonds is 8. The number of carbonyl (C=O) groups excluding carboxylic acids is 2. The fraction of sp³-hybridized carbons (Fsp3) is 0.519. The van der Waals surface area contributed by atoms with Gasteiger partial charge in [0, 0.05) is 16.7 Å². The second-order valence-corrected chi connectivity index (χ2v) is 11.5. The molecule has 2 bridgehead atoms. The molecule has 8 heteroatoms. The number of carboxylic acids is 1. The van der Waals surface area contributed by atoms with Crippen LogP contribution in [0, 0.1) is 22.7 Å². The standard InChI is InChI=1S/C27H33NO6S/c1-4-11-35-19-14-27-10-7-16(15(2)13-27)12-20(27)26(3,24(19)32)9-8-21(30)28-22-18(29)6-5-17(23(22)31)25(33)34/h5-6,14,16,20,29,31H,2,4,7-13H2,1,3H3,(H,28,30)(H,33,34)/t16-,20+,26+,27-/m1/s1. The van der Waals surface area contributed by atoms with E-state index in [1.54, 1.807) is 11.8 Å². The van der Waals surface area contributed by atoms with E-state index in [1.165, 1.54) is 5.57 Å². The molecule has 0 aliphatic heterocycles. The van der Waals surface area contributed by atoms with Gasteiger partial charge in [-0.15, -0.1) is 11.8 Å². The third kappa shape index (κ3) is 4.37. The van der Waals surface area contributed by atoms with Gasteiger partial charge in [0.25, 0.3) is 0 Å². The molecule has 35 heavy (non-hydrogen) atoms. The maximum Gasteiger partial charge on any atom is 0.339 e. The number of carboxylic acid groups (broad SMARTS) is 1. The number of nitrogens with one attached hydrogen (secondary N) is 1. The number of carbonyl (C=O) groups is 3. The molecular weight excluding hydrogens is 466 g/mol. The Hall–Kier alpha value is -2.74. The number of Topliss-reactive ketones (excluding diaryl/α,β-unsaturated/α-hetero) is 1. The van der Waals surface area contributed by atoms with Crippen LogP contribution in [0.5, 0.6) is 11.5 Å². The van der Waals surface area contributed by atoms with E-state index >= 15 is 0 Å². The Balaban J connectivity index is 1.58. The monoisotopic (exact) mass is 499 g/mol. The number of hydrogen-bond acceptors (Lipinski definition) is 6. The van der Waals surface area contributed by atoms with E-state index in [1.807, 2.05) is 6.92 Å². The summed E-state index contributed by atoms with van der Waals surface area (Å²) in [4.78, 5) is 38.8. The number of anilines is 1. The van der Waals surface area contributed by atoms with Gasteiger partial charge in [-0.25, -0.2) is 4.79 Å². The van der Waals surface area contributed by atoms with Crippen LogP contribution < -0.4 is 5.32 Å². The lowest BCUT2D eigenvalue weighted by molar-refractivity contribution is -0.136. The third-order valence-electron chi connectivity index (χ3n) is 8.22. The van der Waals surface area contributed by atoms with Crippen LogP contribution in [-0.4, -0.2) is 38.7 Å². The molecule has 1 spiro atoms. The van der Waals surface area contributed by atoms with Crippen molar-refractivity contribution in [2.75, 3.05) is 11.1 Å². The van der Waals surface area contributed by atoms with Gasteiger partial charge < -0.3 is 20.6 Å². The molecule has 1 aromatic rings. The Labute approximate surface area is 209 Å². The van der Waals surface area contributed by atoms with Crippen molar-refractivity contribution in [3.63, 3.8) is 0 Å². The van der Waals surface area contributed by atoms with E-state index in [0.717, 1.165) is 54.9 Å². The number of fused-ring (bicyclic) bond motifs is 2. The van der Waals surface area contributed by atoms with E-state index in [9.17, 15) is 29.7 Å². The predicted octanol–water partition coefficient (Wildman–Crippen LogP) is 5.49. The first-order valence-corrected chi connectivity index (χ1v) is 13.2. The lowest BCUT2D eigenvalue weighted by atomic mass is 9.44. The van der Waals surface area contributed by atoms with E-state index in [4.69, 9.17) is 0 Å². The number of phenolic OH excluding ortho intramolecular Hbond substituents is 1. The summed E-state index contributed by atoms with van der Waals surface area (Å²) < 4.78 is 0. The molecule has 0 heterocycles. The Morgan fingerprint density at radius 1 is 1.29 bits per heavy atom. The maximum absolute atomic E-state index is 13.8. The van der Waals surface area contributed by atoms with Crippen LogP contribution in [0.2, 0.25) is 0 Å². The highest BCUT2D eigenvalue weighted by atomic mass is 32.2. The Morgan fingerprint density at radius 2 is 2.03 bits per heavy atom. The zero-order valence-corrected chi connectivity index (χ0v) is 21.0. The van der Waals surface area contributed by atoms with Gasteiger partial charge in [0.1, 0.15) is 17.0 Å². The number of amides is 1. The first kappa shape index (κ1) is 25.4. The SMILES string of the molecule is C=C1C[C@]23C=C(SCCC)C(=O)[C@@](C)(CCC(=O)Nc4c(O)ccc(C(=O)O)c4O)[C@@H]2C[C@H]1CC3. The molecule has 5 rings (SSSR count). The molecule has 0 aromatic heterocycles. The van der Waals surface area contributed by atoms with E-state index < -0.39 is 34.4 Å². The highest BCUT2D eigenvalue weighted by Crippen LogP contribution is 2.65. The maximum atomic E-state index is 13.8. The van der Waals surface area contributed by atoms with Gasteiger partial charge in [0.15, 0.2) is 11.5 Å². The van der Waals surface area contributed by atoms with Crippen molar-refractivity contribution >= 4 is 35.1 Å². The van der Waals surface area contributed by atoms with E-state index in [2.05, 4.69) is 24.9 Å². The normalized spacial score (nSPS) is 29.5. The highest BCUT2D eigenvalue weighted by Gasteiger charge is 2.59. The lowest BCUT2D eigenvalue weighted by Crippen LogP contribution is -2.55. The minimum atomic E-state index is -1.37. The number of hydrogen-bond donors (Lipinski definition) is 4. The topological polar surface area (TPSA) is 124 Å². The fourth-order valence-electron chi connectivity index (χ4n) is 6.35. The molecular formula is C27H33NO6S. The van der Waals surface area contributed by atoms with Crippen molar-refractivity contribution < 1.29 is 29.7 Å². The van der Waals surface area contributed by atoms with Crippen LogP contribution in [0.1, 0.15) is 69.2 Å². The van der Waals surface area contributed by atoms with Crippen LogP contribution in [0.4, 0.5) is 5.69 Å². The van der Waals surface area contributed by atoms with Crippen molar-refractivity contribution in [3.05, 3.63) is 40.8 Å². The molecule has 188 valence electrons. The predicted molar refractivity (Wildman–Crippen MR) is 136 cm³/mol. The molecule has 0 radical (unpaired) electrons. The number of thioether (sulfide) groups is 1. The van der Waals surface area contributed by atoms with Gasteiger partial charge in [0.05, 0.1) is 0 Å². The zero-order chi connectivity index (χ0) is 25.5. The molecule has 4 N–H and O–H groups in total. The smallest absolute Gasteiger partial charge is 0.339 e. The molecule has 4 aliphatic rings. The molecule has 3 saturated carbocycles. The lowest BCUT2D eigenvalue weighted by Gasteiger charge is -2.59. The molecule has 0 saturated heterocycles. The quantitative estimate of drug-likeness (QED) is 0.275. The third-order valence-corrected chi connectivity index (χ3v) is 9.45. The van der Waals surface area contributed by atoms with Crippen molar-refractivity contribution in [2.45, 2.75) is 58.8 Å². The highest BCUT2D eigenvalue weighted by molar-refractivity contribution is 8.04. The summed E-state index contributed by atoms with van der Waals surface area (Å²) in [5.74, 6) is -1.51. The van der Waals surface area contributed by atoms with Crippen molar-refractivity contribution in [3.8, 4) is 11.5 Å². The summed E-state index contributed by atoms with van der Waals surface area (Å²) in [5, 5.41) is 32.0. The van der Waals surface area contributed by atoms with E-state index in [0.29, 0.717) is 12.3 Å². The summed E-state index contributed by atoms with van der Waals surface area (Å²) in [6, 6.07) is 2.18. The van der Waals surface area contributed by atoms with Crippen LogP contribution in [0.3, 0.4) is 0 Å². The summed E-state index contributed by atoms with van der Waals surface area (Å²) >= 11 is 1.60. The largest absolute Gasteiger partial charge is 0.506 e. The van der Waals surface area contributed by atoms with Crippen molar-refractivity contribution in [1.29, 1.82) is 0 Å². The van der Waals surface area contributed by atoms with Gasteiger partial charge in [0.2, 0.25) is 5.91 Å². The van der Waals surface area contributed by atoms with Gasteiger partial charge in [-0.2, -0.15) is 0 Å². The zero-order valence-electron chi connectivity index (χ0n) is 20.2. The molecule has 4 aliphatic carbocycles. The number of aromatic hydroxyl groups is 2. The second kappa shape index (κ2) is 9.37. The van der Waals surface area contributed by atoms with Gasteiger partial charge in [-0.3, -0.25) is 9.59 Å². The first-order valence-electron chi connectivity index (χ1n) is 12.2. The van der Waals surface area contributed by atoms with Gasteiger partial charge in [-0.1, -0.05) is 32.1 Å². The fourth-order valence-corrected chi connectivity index (χ4v) is 7.45. The average Bonchev–Trinajstić information content (AvgIpc) is 2.81. The summed E-state index contributed by atoms with van der Waals surface area (Å²) in [6.07, 6.45) is 7.40. The molecule has 1 aromatic carbocycles. The molecule has 0 unspecified atom stereocenters. The number of ketones is 1. The Bertz CT molecular complexity index is 1130. The minimum absolute atomic E-state index is 0.00232. The van der Waals surface area contributed by atoms with Crippen LogP contribution >= 0.6 is 11.8 Å². The van der Waals surface area contributed by atoms with Crippen molar-refractivity contribution in [2.24, 2.45) is 22.7 Å². The second-order valence-electron chi connectivity index (χ2n) is 10.4. The van der Waals surface area contributed by atoms with Crippen molar-refractivity contribution in [1.82, 2.24) is 0 Å². The van der Waals surface area contributed by atoms with Gasteiger partial charge >= 0.3 is 5.97 Å². The van der Waals surface area contributed by atoms with Crippen LogP contribution in [0.15, 0.2) is 35.3 Å². The molecule has 3 fully saturated rings. The number of allylic oxidation sites excluding steroid dienone is 3. The minimum Gasteiger partial charge on any atom is -0.506 e. The van der Waals surface area contributed by atoms with Crippen LogP contribution in [0.25, 0.3) is 0 Å². The summed E-state index contributed by atoms with van der Waals surface area (Å²) in [7, 11) is 0. The first-order chi connectivity index (χ1) is 16.5. The Kier molecular flexibility index (Phi) is 6.79. The average molecular weight is 500 g/mol. The number of benzene rings is 1.